The van der Waals surface area contributed by atoms with Crippen molar-refractivity contribution >= 4 is 33.2 Å². The van der Waals surface area contributed by atoms with E-state index in [1.54, 1.807) is 19.1 Å². The number of rotatable bonds is 13. The molecule has 4 N–H and O–H groups in total. The van der Waals surface area contributed by atoms with Gasteiger partial charge in [0, 0.05) is 12.6 Å². The number of hydrogen-bond acceptors (Lipinski definition) is 7. The van der Waals surface area contributed by atoms with Crippen LogP contribution in [0.15, 0.2) is 78.9 Å². The first-order valence-corrected chi connectivity index (χ1v) is 17.1. The molecule has 2 amide bonds. The van der Waals surface area contributed by atoms with Gasteiger partial charge in [-0.3, -0.25) is 9.59 Å². The molecule has 0 spiro atoms. The monoisotopic (exact) mass is 631 g/mol. The quantitative estimate of drug-likeness (QED) is 0.224. The maximum absolute atomic E-state index is 13.8. The number of para-hydroxylation sites is 1. The molecule has 10 nitrogen and oxygen atoms in total. The lowest BCUT2D eigenvalue weighted by Gasteiger charge is -2.28. The first-order chi connectivity index (χ1) is 21.6. The van der Waals surface area contributed by atoms with Crippen molar-refractivity contribution in [2.75, 3.05) is 17.1 Å². The number of aliphatic hydroxyl groups is 1. The molecule has 3 atom stereocenters. The van der Waals surface area contributed by atoms with Crippen LogP contribution in [0.3, 0.4) is 0 Å². The number of hydrogen-bond donors (Lipinski definition) is 4. The van der Waals surface area contributed by atoms with E-state index in [9.17, 15) is 28.4 Å². The predicted molar refractivity (Wildman–Crippen MR) is 174 cm³/mol. The number of aliphatic hydroxyl groups excluding tert-OH is 1. The van der Waals surface area contributed by atoms with Crippen LogP contribution >= 0.6 is 0 Å². The van der Waals surface area contributed by atoms with Gasteiger partial charge in [0.25, 0.3) is 5.91 Å². The van der Waals surface area contributed by atoms with Crippen molar-refractivity contribution in [3.63, 3.8) is 0 Å². The second-order valence-corrected chi connectivity index (χ2v) is 13.3. The fourth-order valence-corrected chi connectivity index (χ4v) is 6.55. The van der Waals surface area contributed by atoms with Crippen LogP contribution < -0.4 is 20.3 Å². The van der Waals surface area contributed by atoms with E-state index >= 15 is 0 Å². The van der Waals surface area contributed by atoms with E-state index in [-0.39, 0.29) is 35.4 Å². The maximum atomic E-state index is 13.8. The van der Waals surface area contributed by atoms with Crippen LogP contribution in [-0.4, -0.2) is 62.4 Å². The molecule has 238 valence electrons. The van der Waals surface area contributed by atoms with Crippen LogP contribution in [0.25, 0.3) is 0 Å². The summed E-state index contributed by atoms with van der Waals surface area (Å²) < 4.78 is 27.1. The Labute approximate surface area is 265 Å². The van der Waals surface area contributed by atoms with Gasteiger partial charge in [0.15, 0.2) is 0 Å². The van der Waals surface area contributed by atoms with Gasteiger partial charge in [-0.25, -0.2) is 12.7 Å². The highest BCUT2D eigenvalue weighted by Crippen LogP contribution is 2.32. The summed E-state index contributed by atoms with van der Waals surface area (Å²) in [4.78, 5) is 26.6. The standard InChI is InChI=1S/C34H41N5O5S/c1-24(33(41)37-27-13-7-4-8-14-27)36-23-32(40)30(21-25-11-5-3-6-12-25)38-34(42)29-15-9-10-16-31(29)39(45(2,43)44)28-19-17-26(22-35)18-20-28/h3,5-6,9-12,15-20,24,27,30,32,36,40H,4,7-8,13-14,21,23H2,1-2H3,(H,37,41)(H,38,42)/t24-,30-,32+/m0/s1. The number of anilines is 2. The van der Waals surface area contributed by atoms with E-state index in [4.69, 9.17) is 0 Å². The summed E-state index contributed by atoms with van der Waals surface area (Å²) in [5, 5.41) is 29.6. The third-order valence-electron chi connectivity index (χ3n) is 7.99. The molecule has 3 aromatic rings. The van der Waals surface area contributed by atoms with E-state index in [1.165, 1.54) is 42.8 Å². The third kappa shape index (κ3) is 9.38. The normalized spacial score (nSPS) is 15.7. The van der Waals surface area contributed by atoms with Crippen LogP contribution in [0.4, 0.5) is 11.4 Å². The molecule has 0 saturated heterocycles. The Hall–Kier alpha value is -4.24. The zero-order chi connectivity index (χ0) is 32.4. The van der Waals surface area contributed by atoms with E-state index in [2.05, 4.69) is 16.0 Å². The number of nitrogens with zero attached hydrogens (tertiary/aromatic N) is 2. The van der Waals surface area contributed by atoms with Crippen molar-refractivity contribution in [1.82, 2.24) is 16.0 Å². The number of amides is 2. The highest BCUT2D eigenvalue weighted by atomic mass is 32.2. The Balaban J connectivity index is 1.54. The van der Waals surface area contributed by atoms with Crippen molar-refractivity contribution in [2.45, 2.75) is 69.7 Å². The second-order valence-electron chi connectivity index (χ2n) is 11.5. The summed E-state index contributed by atoms with van der Waals surface area (Å²) in [6.45, 7) is 1.79. The van der Waals surface area contributed by atoms with Gasteiger partial charge in [0.1, 0.15) is 0 Å². The van der Waals surface area contributed by atoms with Crippen molar-refractivity contribution < 1.29 is 23.1 Å². The fraction of sp³-hybridized carbons (Fsp3) is 0.382. The molecule has 1 fully saturated rings. The minimum absolute atomic E-state index is 0.0411. The second kappa shape index (κ2) is 15.7. The average molecular weight is 632 g/mol. The van der Waals surface area contributed by atoms with Crippen molar-refractivity contribution in [1.29, 1.82) is 5.26 Å². The Morgan fingerprint density at radius 3 is 2.27 bits per heavy atom. The van der Waals surface area contributed by atoms with Crippen molar-refractivity contribution in [3.8, 4) is 6.07 Å². The number of carbonyl (C=O) groups excluding carboxylic acids is 2. The molecule has 4 rings (SSSR count). The SMILES string of the molecule is C[C@H](NC[C@@H](O)[C@H](Cc1ccccc1)NC(=O)c1ccccc1N(c1ccc(C#N)cc1)S(C)(=O)=O)C(=O)NC1CCCCC1. The van der Waals surface area contributed by atoms with Gasteiger partial charge in [-0.2, -0.15) is 5.26 Å². The van der Waals surface area contributed by atoms with Crippen LogP contribution in [0.5, 0.6) is 0 Å². The molecule has 0 bridgehead atoms. The molecule has 3 aromatic carbocycles. The highest BCUT2D eigenvalue weighted by Gasteiger charge is 2.29. The number of carbonyl (C=O) groups is 2. The molecule has 0 heterocycles. The van der Waals surface area contributed by atoms with Gasteiger partial charge in [-0.05, 0) is 68.1 Å². The molecular weight excluding hydrogens is 590 g/mol. The van der Waals surface area contributed by atoms with Gasteiger partial charge in [0.2, 0.25) is 15.9 Å². The zero-order valence-corrected chi connectivity index (χ0v) is 26.5. The van der Waals surface area contributed by atoms with Crippen LogP contribution in [0.2, 0.25) is 0 Å². The molecule has 11 heteroatoms. The highest BCUT2D eigenvalue weighted by molar-refractivity contribution is 7.92. The third-order valence-corrected chi connectivity index (χ3v) is 9.06. The zero-order valence-electron chi connectivity index (χ0n) is 25.6. The van der Waals surface area contributed by atoms with E-state index in [0.29, 0.717) is 12.0 Å². The van der Waals surface area contributed by atoms with Crippen molar-refractivity contribution in [3.05, 3.63) is 95.6 Å². The Morgan fingerprint density at radius 2 is 1.62 bits per heavy atom. The lowest BCUT2D eigenvalue weighted by Crippen LogP contribution is -2.53. The maximum Gasteiger partial charge on any atom is 0.253 e. The Bertz CT molecular complexity index is 1590. The number of sulfonamides is 1. The largest absolute Gasteiger partial charge is 0.390 e. The molecule has 1 saturated carbocycles. The van der Waals surface area contributed by atoms with E-state index in [0.717, 1.165) is 41.8 Å². The average Bonchev–Trinajstić information content (AvgIpc) is 3.04. The first-order valence-electron chi connectivity index (χ1n) is 15.2. The molecule has 1 aliphatic rings. The van der Waals surface area contributed by atoms with Gasteiger partial charge < -0.3 is 21.1 Å². The van der Waals surface area contributed by atoms with Gasteiger partial charge in [0.05, 0.1) is 53.0 Å². The van der Waals surface area contributed by atoms with Crippen molar-refractivity contribution in [2.24, 2.45) is 0 Å². The number of nitriles is 1. The van der Waals surface area contributed by atoms with E-state index < -0.39 is 34.1 Å². The van der Waals surface area contributed by atoms with Gasteiger partial charge in [-0.1, -0.05) is 61.7 Å². The molecule has 0 aromatic heterocycles. The van der Waals surface area contributed by atoms with Gasteiger partial charge in [-0.15, -0.1) is 0 Å². The van der Waals surface area contributed by atoms with Crippen LogP contribution in [0.1, 0.15) is 60.5 Å². The van der Waals surface area contributed by atoms with Gasteiger partial charge >= 0.3 is 0 Å². The molecule has 1 aliphatic carbocycles. The summed E-state index contributed by atoms with van der Waals surface area (Å²) in [5.41, 5.74) is 1.73. The lowest BCUT2D eigenvalue weighted by atomic mass is 9.95. The summed E-state index contributed by atoms with van der Waals surface area (Å²) >= 11 is 0. The molecule has 0 aliphatic heterocycles. The van der Waals surface area contributed by atoms with E-state index in [1.807, 2.05) is 36.4 Å². The minimum atomic E-state index is -3.90. The first kappa shape index (κ1) is 33.6. The predicted octanol–water partition coefficient (Wildman–Crippen LogP) is 3.78. The summed E-state index contributed by atoms with van der Waals surface area (Å²) in [7, 11) is -3.90. The lowest BCUT2D eigenvalue weighted by molar-refractivity contribution is -0.123. The number of nitrogens with one attached hydrogen (secondary N) is 3. The summed E-state index contributed by atoms with van der Waals surface area (Å²) in [5.74, 6) is -0.702. The molecule has 0 radical (unpaired) electrons. The van der Waals surface area contributed by atoms with Crippen LogP contribution in [0, 0.1) is 11.3 Å². The fourth-order valence-electron chi connectivity index (χ4n) is 5.53. The Kier molecular flexibility index (Phi) is 11.7. The molecular formula is C34H41N5O5S. The van der Waals surface area contributed by atoms with Crippen LogP contribution in [-0.2, 0) is 21.2 Å². The molecule has 45 heavy (non-hydrogen) atoms. The smallest absolute Gasteiger partial charge is 0.253 e. The topological polar surface area (TPSA) is 152 Å². The summed E-state index contributed by atoms with van der Waals surface area (Å²) in [6.07, 6.45) is 5.59. The summed E-state index contributed by atoms with van der Waals surface area (Å²) in [6, 6.07) is 22.6. The minimum Gasteiger partial charge on any atom is -0.390 e. The number of benzene rings is 3. The Morgan fingerprint density at radius 1 is 0.978 bits per heavy atom. The molecule has 0 unspecified atom stereocenters.